The molecule has 0 aliphatic heterocycles. The Morgan fingerprint density at radius 1 is 0.566 bits per heavy atom. The molecule has 0 heterocycles. The average molecular weight is 732 g/mol. The minimum Gasteiger partial charge on any atom is -0.464 e. The number of benzene rings is 3. The Bertz CT molecular complexity index is 1590. The van der Waals surface area contributed by atoms with Gasteiger partial charge in [-0.2, -0.15) is 0 Å². The number of carbonyl (C=O) groups excluding carboxylic acids is 6. The maximum absolute atomic E-state index is 13.0. The van der Waals surface area contributed by atoms with Gasteiger partial charge in [0.25, 0.3) is 0 Å². The lowest BCUT2D eigenvalue weighted by molar-refractivity contribution is -0.151. The van der Waals surface area contributed by atoms with Crippen LogP contribution in [0.4, 0.5) is 0 Å². The molecule has 0 aliphatic rings. The van der Waals surface area contributed by atoms with Crippen LogP contribution in [0.1, 0.15) is 75.0 Å². The number of carbonyl (C=O) groups is 6. The van der Waals surface area contributed by atoms with Crippen LogP contribution in [0.3, 0.4) is 0 Å². The van der Waals surface area contributed by atoms with Gasteiger partial charge in [0.1, 0.15) is 31.9 Å². The standard InChI is InChI=1S/C40H49N3O10/c1-2-3-25-50-39(48)34(21-24-37(46)52-27-30-15-9-5-10-16-30)43-38(47)32(41)19-22-35(44)42-33(40(49)53-28-31-17-11-6-12-18-31)20-23-36(45)51-26-29-13-7-4-8-14-29/h4-18,32-34H,2-3,19-28,41H2,1H3,(H,42,44)(H,43,47). The van der Waals surface area contributed by atoms with Crippen LogP contribution in [-0.4, -0.2) is 60.4 Å². The van der Waals surface area contributed by atoms with Crippen LogP contribution in [0.15, 0.2) is 91.0 Å². The summed E-state index contributed by atoms with van der Waals surface area (Å²) in [6.45, 7) is 2.16. The van der Waals surface area contributed by atoms with Gasteiger partial charge in [-0.25, -0.2) is 9.59 Å². The van der Waals surface area contributed by atoms with Crippen LogP contribution in [0.2, 0.25) is 0 Å². The van der Waals surface area contributed by atoms with Gasteiger partial charge < -0.3 is 35.3 Å². The van der Waals surface area contributed by atoms with Crippen molar-refractivity contribution in [2.75, 3.05) is 6.61 Å². The molecule has 3 rings (SSSR count). The minimum atomic E-state index is -1.21. The van der Waals surface area contributed by atoms with Gasteiger partial charge in [-0.3, -0.25) is 19.2 Å². The highest BCUT2D eigenvalue weighted by atomic mass is 16.5. The molecule has 0 spiro atoms. The highest BCUT2D eigenvalue weighted by Gasteiger charge is 2.28. The summed E-state index contributed by atoms with van der Waals surface area (Å²) in [7, 11) is 0. The Morgan fingerprint density at radius 2 is 1.00 bits per heavy atom. The fourth-order valence-electron chi connectivity index (χ4n) is 4.85. The van der Waals surface area contributed by atoms with E-state index in [-0.39, 0.29) is 65.0 Å². The van der Waals surface area contributed by atoms with E-state index in [0.29, 0.717) is 6.42 Å². The monoisotopic (exact) mass is 731 g/mol. The number of ether oxygens (including phenoxy) is 4. The Balaban J connectivity index is 1.53. The zero-order chi connectivity index (χ0) is 38.3. The van der Waals surface area contributed by atoms with Gasteiger partial charge in [-0.1, -0.05) is 104 Å². The molecule has 0 bridgehead atoms. The molecule has 4 N–H and O–H groups in total. The van der Waals surface area contributed by atoms with E-state index in [1.807, 2.05) is 73.7 Å². The Morgan fingerprint density at radius 3 is 1.47 bits per heavy atom. The van der Waals surface area contributed by atoms with Crippen LogP contribution >= 0.6 is 0 Å². The third kappa shape index (κ3) is 17.0. The van der Waals surface area contributed by atoms with E-state index in [9.17, 15) is 28.8 Å². The number of unbranched alkanes of at least 4 members (excludes halogenated alkanes) is 1. The van der Waals surface area contributed by atoms with Crippen LogP contribution < -0.4 is 16.4 Å². The zero-order valence-corrected chi connectivity index (χ0v) is 30.0. The molecule has 0 saturated carbocycles. The summed E-state index contributed by atoms with van der Waals surface area (Å²) in [5.74, 6) is -3.91. The summed E-state index contributed by atoms with van der Waals surface area (Å²) in [4.78, 5) is 76.8. The molecule has 0 radical (unpaired) electrons. The average Bonchev–Trinajstić information content (AvgIpc) is 3.18. The first-order chi connectivity index (χ1) is 25.6. The number of hydrogen-bond acceptors (Lipinski definition) is 11. The third-order valence-corrected chi connectivity index (χ3v) is 7.97. The SMILES string of the molecule is CCCCOC(=O)C(CCC(=O)OCc1ccccc1)NC(=O)C(N)CCC(=O)NC(CCC(=O)OCc1ccccc1)C(=O)OCc1ccccc1. The topological polar surface area (TPSA) is 189 Å². The number of hydrogen-bond donors (Lipinski definition) is 3. The maximum Gasteiger partial charge on any atom is 0.328 e. The second-order valence-corrected chi connectivity index (χ2v) is 12.3. The van der Waals surface area contributed by atoms with Crippen LogP contribution in [0.5, 0.6) is 0 Å². The quantitative estimate of drug-likeness (QED) is 0.0720. The first kappa shape index (κ1) is 41.9. The number of nitrogens with one attached hydrogen (secondary N) is 2. The number of amides is 2. The normalized spacial score (nSPS) is 12.3. The lowest BCUT2D eigenvalue weighted by Gasteiger charge is -2.20. The van der Waals surface area contributed by atoms with E-state index in [1.54, 1.807) is 24.3 Å². The van der Waals surface area contributed by atoms with E-state index >= 15 is 0 Å². The minimum absolute atomic E-state index is 0.0393. The van der Waals surface area contributed by atoms with Crippen molar-refractivity contribution in [3.05, 3.63) is 108 Å². The molecule has 0 fully saturated rings. The van der Waals surface area contributed by atoms with Crippen molar-refractivity contribution in [2.24, 2.45) is 5.73 Å². The van der Waals surface area contributed by atoms with Gasteiger partial charge >= 0.3 is 23.9 Å². The summed E-state index contributed by atoms with van der Waals surface area (Å²) in [5, 5.41) is 5.13. The Labute approximate surface area is 309 Å². The van der Waals surface area contributed by atoms with Crippen molar-refractivity contribution in [3.63, 3.8) is 0 Å². The van der Waals surface area contributed by atoms with Crippen LogP contribution in [-0.2, 0) is 67.5 Å². The third-order valence-electron chi connectivity index (χ3n) is 7.97. The van der Waals surface area contributed by atoms with Crippen molar-refractivity contribution >= 4 is 35.7 Å². The number of esters is 4. The summed E-state index contributed by atoms with van der Waals surface area (Å²) < 4.78 is 21.3. The summed E-state index contributed by atoms with van der Waals surface area (Å²) in [6, 6.07) is 23.6. The molecule has 3 aromatic rings. The molecule has 3 unspecified atom stereocenters. The van der Waals surface area contributed by atoms with Crippen molar-refractivity contribution < 1.29 is 47.7 Å². The number of rotatable bonds is 23. The largest absolute Gasteiger partial charge is 0.464 e. The summed E-state index contributed by atoms with van der Waals surface area (Å²) >= 11 is 0. The lowest BCUT2D eigenvalue weighted by Crippen LogP contribution is -2.49. The molecule has 0 saturated heterocycles. The van der Waals surface area contributed by atoms with Gasteiger partial charge in [0.2, 0.25) is 11.8 Å². The molecule has 13 heteroatoms. The second kappa shape index (κ2) is 23.8. The molecule has 0 aromatic heterocycles. The smallest absolute Gasteiger partial charge is 0.328 e. The fraction of sp³-hybridized carbons (Fsp3) is 0.400. The molecular weight excluding hydrogens is 682 g/mol. The molecule has 53 heavy (non-hydrogen) atoms. The molecule has 2 amide bonds. The van der Waals surface area contributed by atoms with Gasteiger partial charge in [-0.15, -0.1) is 0 Å². The maximum atomic E-state index is 13.0. The van der Waals surface area contributed by atoms with E-state index in [0.717, 1.165) is 23.1 Å². The Hall–Kier alpha value is -5.56. The molecule has 3 aromatic carbocycles. The van der Waals surface area contributed by atoms with Gasteiger partial charge in [0, 0.05) is 19.3 Å². The predicted molar refractivity (Wildman–Crippen MR) is 194 cm³/mol. The fourth-order valence-corrected chi connectivity index (χ4v) is 4.85. The first-order valence-electron chi connectivity index (χ1n) is 17.8. The van der Waals surface area contributed by atoms with Gasteiger partial charge in [0.05, 0.1) is 12.6 Å². The van der Waals surface area contributed by atoms with Crippen LogP contribution in [0.25, 0.3) is 0 Å². The summed E-state index contributed by atoms with van der Waals surface area (Å²) in [5.41, 5.74) is 8.44. The van der Waals surface area contributed by atoms with E-state index < -0.39 is 53.8 Å². The molecular formula is C40H49N3O10. The highest BCUT2D eigenvalue weighted by Crippen LogP contribution is 2.10. The van der Waals surface area contributed by atoms with Gasteiger partial charge in [-0.05, 0) is 42.4 Å². The molecule has 3 atom stereocenters. The predicted octanol–water partition coefficient (Wildman–Crippen LogP) is 4.20. The van der Waals surface area contributed by atoms with Gasteiger partial charge in [0.15, 0.2) is 0 Å². The van der Waals surface area contributed by atoms with Crippen LogP contribution in [0, 0.1) is 0 Å². The second-order valence-electron chi connectivity index (χ2n) is 12.3. The highest BCUT2D eigenvalue weighted by molar-refractivity contribution is 5.89. The van der Waals surface area contributed by atoms with Crippen molar-refractivity contribution in [1.82, 2.24) is 10.6 Å². The van der Waals surface area contributed by atoms with E-state index in [4.69, 9.17) is 24.7 Å². The number of nitrogens with two attached hydrogens (primary N) is 1. The van der Waals surface area contributed by atoms with E-state index in [2.05, 4.69) is 10.6 Å². The first-order valence-corrected chi connectivity index (χ1v) is 17.8. The zero-order valence-electron chi connectivity index (χ0n) is 30.0. The van der Waals surface area contributed by atoms with E-state index in [1.165, 1.54) is 0 Å². The molecule has 284 valence electrons. The Kier molecular flexibility index (Phi) is 18.8. The summed E-state index contributed by atoms with van der Waals surface area (Å²) in [6.07, 6.45) is 0.498. The van der Waals surface area contributed by atoms with Crippen molar-refractivity contribution in [1.29, 1.82) is 0 Å². The molecule has 13 nitrogen and oxygen atoms in total. The lowest BCUT2D eigenvalue weighted by atomic mass is 10.1. The van der Waals surface area contributed by atoms with Crippen molar-refractivity contribution in [2.45, 2.75) is 96.2 Å². The molecule has 0 aliphatic carbocycles. The van der Waals surface area contributed by atoms with Crippen molar-refractivity contribution in [3.8, 4) is 0 Å².